The number of fused-ring (bicyclic) bond motifs is 1. The maximum atomic E-state index is 13.9. The van der Waals surface area contributed by atoms with Crippen LogP contribution in [0.2, 0.25) is 0 Å². The van der Waals surface area contributed by atoms with Crippen LogP contribution < -0.4 is 10.6 Å². The Labute approximate surface area is 143 Å². The lowest BCUT2D eigenvalue weighted by molar-refractivity contribution is -0.116. The molecule has 0 saturated heterocycles. The Morgan fingerprint density at radius 2 is 2.00 bits per heavy atom. The van der Waals surface area contributed by atoms with E-state index in [1.807, 2.05) is 13.0 Å². The lowest BCUT2D eigenvalue weighted by Gasteiger charge is -2.06. The number of hydrogen-bond acceptors (Lipinski definition) is 3. The van der Waals surface area contributed by atoms with E-state index in [4.69, 9.17) is 0 Å². The summed E-state index contributed by atoms with van der Waals surface area (Å²) in [5.41, 5.74) is 1.56. The number of amides is 2. The van der Waals surface area contributed by atoms with Crippen molar-refractivity contribution in [2.75, 3.05) is 11.9 Å². The first-order chi connectivity index (χ1) is 12.0. The van der Waals surface area contributed by atoms with Crippen LogP contribution in [-0.4, -0.2) is 28.3 Å². The third-order valence-corrected chi connectivity index (χ3v) is 3.69. The Morgan fingerprint density at radius 3 is 2.80 bits per heavy atom. The average Bonchev–Trinajstić information content (AvgIpc) is 3.00. The number of carbonyl (C=O) groups is 2. The Kier molecular flexibility index (Phi) is 4.74. The summed E-state index contributed by atoms with van der Waals surface area (Å²) in [7, 11) is 0. The lowest BCUT2D eigenvalue weighted by Crippen LogP contribution is -2.27. The molecule has 3 N–H and O–H groups in total. The number of benzene rings is 1. The van der Waals surface area contributed by atoms with E-state index in [0.29, 0.717) is 11.3 Å². The summed E-state index contributed by atoms with van der Waals surface area (Å²) >= 11 is 0. The fourth-order valence-electron chi connectivity index (χ4n) is 2.52. The van der Waals surface area contributed by atoms with Crippen molar-refractivity contribution in [1.82, 2.24) is 15.3 Å². The molecule has 0 radical (unpaired) electrons. The van der Waals surface area contributed by atoms with Crippen LogP contribution in [0.4, 0.5) is 10.2 Å². The number of aryl methyl sites for hydroxylation is 1. The predicted molar refractivity (Wildman–Crippen MR) is 92.8 cm³/mol. The number of aromatic nitrogens is 2. The highest BCUT2D eigenvalue weighted by molar-refractivity contribution is 6.07. The summed E-state index contributed by atoms with van der Waals surface area (Å²) in [6, 6.07) is 9.88. The maximum Gasteiger partial charge on any atom is 0.253 e. The molecule has 0 aliphatic rings. The van der Waals surface area contributed by atoms with Crippen LogP contribution in [0, 0.1) is 12.7 Å². The zero-order valence-corrected chi connectivity index (χ0v) is 13.6. The van der Waals surface area contributed by atoms with E-state index < -0.39 is 11.7 Å². The van der Waals surface area contributed by atoms with Gasteiger partial charge in [0.15, 0.2) is 0 Å². The van der Waals surface area contributed by atoms with Crippen molar-refractivity contribution in [3.8, 4) is 0 Å². The van der Waals surface area contributed by atoms with Crippen LogP contribution in [0.25, 0.3) is 10.9 Å². The van der Waals surface area contributed by atoms with E-state index in [-0.39, 0.29) is 29.8 Å². The average molecular weight is 340 g/mol. The van der Waals surface area contributed by atoms with Gasteiger partial charge in [0.25, 0.3) is 5.91 Å². The van der Waals surface area contributed by atoms with Crippen molar-refractivity contribution in [3.05, 3.63) is 59.7 Å². The smallest absolute Gasteiger partial charge is 0.253 e. The van der Waals surface area contributed by atoms with E-state index in [2.05, 4.69) is 20.6 Å². The molecule has 2 heterocycles. The molecule has 1 aromatic carbocycles. The van der Waals surface area contributed by atoms with Gasteiger partial charge >= 0.3 is 0 Å². The maximum absolute atomic E-state index is 13.9. The minimum Gasteiger partial charge on any atom is -0.360 e. The van der Waals surface area contributed by atoms with Crippen molar-refractivity contribution < 1.29 is 14.0 Å². The first-order valence-corrected chi connectivity index (χ1v) is 7.82. The minimum atomic E-state index is -0.466. The van der Waals surface area contributed by atoms with E-state index in [1.54, 1.807) is 24.3 Å². The number of aromatic amines is 1. The number of carbonyl (C=O) groups excluding carboxylic acids is 2. The van der Waals surface area contributed by atoms with Crippen molar-refractivity contribution in [2.45, 2.75) is 13.3 Å². The number of H-pyrrole nitrogens is 1. The Bertz CT molecular complexity index is 936. The highest BCUT2D eigenvalue weighted by atomic mass is 19.1. The van der Waals surface area contributed by atoms with E-state index in [0.717, 1.165) is 5.69 Å². The monoisotopic (exact) mass is 340 g/mol. The molecule has 0 aliphatic carbocycles. The number of anilines is 1. The number of rotatable bonds is 5. The molecule has 0 fully saturated rings. The van der Waals surface area contributed by atoms with Gasteiger partial charge in [-0.05, 0) is 31.2 Å². The van der Waals surface area contributed by atoms with E-state index in [9.17, 15) is 14.0 Å². The Morgan fingerprint density at radius 1 is 1.20 bits per heavy atom. The topological polar surface area (TPSA) is 86.9 Å². The SMILES string of the molecule is Cc1cccc(NC(=O)CCNC(=O)c2c[nH]c3cccc(F)c23)n1. The minimum absolute atomic E-state index is 0.0895. The van der Waals surface area contributed by atoms with Crippen molar-refractivity contribution in [1.29, 1.82) is 0 Å². The van der Waals surface area contributed by atoms with Gasteiger partial charge in [0.1, 0.15) is 11.6 Å². The molecule has 0 unspecified atom stereocenters. The molecule has 7 heteroatoms. The van der Waals surface area contributed by atoms with Gasteiger partial charge in [0.05, 0.1) is 5.56 Å². The molecule has 0 spiro atoms. The van der Waals surface area contributed by atoms with Crippen LogP contribution >= 0.6 is 0 Å². The second-order valence-electron chi connectivity index (χ2n) is 5.58. The third-order valence-electron chi connectivity index (χ3n) is 3.69. The fraction of sp³-hybridized carbons (Fsp3) is 0.167. The Hall–Kier alpha value is -3.22. The molecule has 0 saturated carbocycles. The number of pyridine rings is 1. The zero-order valence-electron chi connectivity index (χ0n) is 13.6. The molecule has 2 aromatic heterocycles. The highest BCUT2D eigenvalue weighted by Crippen LogP contribution is 2.21. The van der Waals surface area contributed by atoms with Gasteiger partial charge in [0.2, 0.25) is 5.91 Å². The molecule has 128 valence electrons. The van der Waals surface area contributed by atoms with Gasteiger partial charge in [-0.2, -0.15) is 0 Å². The molecule has 25 heavy (non-hydrogen) atoms. The second kappa shape index (κ2) is 7.12. The van der Waals surface area contributed by atoms with Crippen LogP contribution in [0.3, 0.4) is 0 Å². The molecule has 0 bridgehead atoms. The standard InChI is InChI=1S/C18H17FN4O2/c1-11-4-2-7-15(22-11)23-16(24)8-9-20-18(25)12-10-21-14-6-3-5-13(19)17(12)14/h2-7,10,21H,8-9H2,1H3,(H,20,25)(H,22,23,24). The van der Waals surface area contributed by atoms with Crippen LogP contribution in [-0.2, 0) is 4.79 Å². The summed E-state index contributed by atoms with van der Waals surface area (Å²) in [4.78, 5) is 31.1. The summed E-state index contributed by atoms with van der Waals surface area (Å²) < 4.78 is 13.9. The van der Waals surface area contributed by atoms with E-state index >= 15 is 0 Å². The fourth-order valence-corrected chi connectivity index (χ4v) is 2.52. The molecule has 3 rings (SSSR count). The summed E-state index contributed by atoms with van der Waals surface area (Å²) in [6.07, 6.45) is 1.55. The van der Waals surface area contributed by atoms with Gasteiger partial charge < -0.3 is 15.6 Å². The molecule has 3 aromatic rings. The Balaban J connectivity index is 1.56. The number of nitrogens with one attached hydrogen (secondary N) is 3. The largest absolute Gasteiger partial charge is 0.360 e. The first kappa shape index (κ1) is 16.6. The van der Waals surface area contributed by atoms with Crippen LogP contribution in [0.5, 0.6) is 0 Å². The molecular formula is C18H17FN4O2. The first-order valence-electron chi connectivity index (χ1n) is 7.82. The van der Waals surface area contributed by atoms with Gasteiger partial charge in [-0.1, -0.05) is 12.1 Å². The summed E-state index contributed by atoms with van der Waals surface area (Å²) in [5.74, 6) is -0.691. The third kappa shape index (κ3) is 3.82. The normalized spacial score (nSPS) is 10.6. The van der Waals surface area contributed by atoms with Crippen molar-refractivity contribution in [3.63, 3.8) is 0 Å². The predicted octanol–water partition coefficient (Wildman–Crippen LogP) is 2.77. The van der Waals surface area contributed by atoms with Crippen molar-refractivity contribution in [2.24, 2.45) is 0 Å². The molecule has 0 atom stereocenters. The quantitative estimate of drug-likeness (QED) is 0.667. The lowest BCUT2D eigenvalue weighted by atomic mass is 10.1. The molecular weight excluding hydrogens is 323 g/mol. The van der Waals surface area contributed by atoms with Gasteiger partial charge in [0, 0.05) is 35.8 Å². The number of halogens is 1. The molecule has 2 amide bonds. The number of hydrogen-bond donors (Lipinski definition) is 3. The van der Waals surface area contributed by atoms with Gasteiger partial charge in [-0.15, -0.1) is 0 Å². The molecule has 6 nitrogen and oxygen atoms in total. The highest BCUT2D eigenvalue weighted by Gasteiger charge is 2.15. The van der Waals surface area contributed by atoms with Gasteiger partial charge in [-0.3, -0.25) is 9.59 Å². The van der Waals surface area contributed by atoms with Crippen LogP contribution in [0.15, 0.2) is 42.6 Å². The van der Waals surface area contributed by atoms with Crippen LogP contribution in [0.1, 0.15) is 22.5 Å². The van der Waals surface area contributed by atoms with Crippen molar-refractivity contribution >= 4 is 28.5 Å². The number of nitrogens with zero attached hydrogens (tertiary/aromatic N) is 1. The molecule has 0 aliphatic heterocycles. The summed E-state index contributed by atoms with van der Waals surface area (Å²) in [5, 5.41) is 5.53. The zero-order chi connectivity index (χ0) is 17.8. The van der Waals surface area contributed by atoms with Gasteiger partial charge in [-0.25, -0.2) is 9.37 Å². The van der Waals surface area contributed by atoms with E-state index in [1.165, 1.54) is 12.3 Å². The second-order valence-corrected chi connectivity index (χ2v) is 5.58. The summed E-state index contributed by atoms with van der Waals surface area (Å²) in [6.45, 7) is 1.97.